The first kappa shape index (κ1) is 12.6. The van der Waals surface area contributed by atoms with E-state index in [9.17, 15) is 0 Å². The Bertz CT molecular complexity index is 355. The number of aryl methyl sites for hydroxylation is 2. The predicted octanol–water partition coefficient (Wildman–Crippen LogP) is 4.64. The molecule has 1 nitrogen and oxygen atoms in total. The smallest absolute Gasteiger partial charge is 0.0438 e. The monoisotopic (exact) mass is 231 g/mol. The Labute approximate surface area is 106 Å². The van der Waals surface area contributed by atoms with Crippen LogP contribution in [0.25, 0.3) is 0 Å². The maximum atomic E-state index is 4.89. The van der Waals surface area contributed by atoms with Crippen molar-refractivity contribution in [3.63, 3.8) is 0 Å². The molecule has 0 spiro atoms. The maximum Gasteiger partial charge on any atom is 0.0438 e. The topological polar surface area (TPSA) is 12.9 Å². The highest BCUT2D eigenvalue weighted by Gasteiger charge is 2.09. The van der Waals surface area contributed by atoms with Crippen LogP contribution in [0.5, 0.6) is 0 Å². The molecule has 0 aliphatic heterocycles. The van der Waals surface area contributed by atoms with E-state index in [-0.39, 0.29) is 0 Å². The lowest BCUT2D eigenvalue weighted by Gasteiger charge is -2.14. The van der Waals surface area contributed by atoms with Crippen LogP contribution >= 0.6 is 0 Å². The molecule has 0 N–H and O–H groups in total. The molecule has 1 aromatic heterocycles. The summed E-state index contributed by atoms with van der Waals surface area (Å²) in [5, 5.41) is 0. The lowest BCUT2D eigenvalue weighted by molar-refractivity contribution is 0.574. The Morgan fingerprint density at radius 2 is 1.53 bits per heavy atom. The number of pyridine rings is 1. The van der Waals surface area contributed by atoms with Crippen LogP contribution in [-0.4, -0.2) is 4.98 Å². The molecule has 94 valence electrons. The van der Waals surface area contributed by atoms with Crippen LogP contribution in [0.15, 0.2) is 12.1 Å². The molecular weight excluding hydrogens is 206 g/mol. The number of fused-ring (bicyclic) bond motifs is 1. The Kier molecular flexibility index (Phi) is 4.58. The van der Waals surface area contributed by atoms with E-state index in [2.05, 4.69) is 26.0 Å². The van der Waals surface area contributed by atoms with Crippen molar-refractivity contribution >= 4 is 0 Å². The Morgan fingerprint density at radius 1 is 0.882 bits per heavy atom. The first-order chi connectivity index (χ1) is 8.27. The van der Waals surface area contributed by atoms with Gasteiger partial charge in [-0.15, -0.1) is 0 Å². The number of aromatic nitrogens is 1. The quantitative estimate of drug-likeness (QED) is 0.686. The number of hydrogen-bond acceptors (Lipinski definition) is 1. The maximum absolute atomic E-state index is 4.89. The van der Waals surface area contributed by atoms with E-state index in [4.69, 9.17) is 4.98 Å². The molecule has 17 heavy (non-hydrogen) atoms. The fraction of sp³-hybridized carbons (Fsp3) is 0.688. The number of nitrogens with zero attached hydrogens (tertiary/aromatic N) is 1. The van der Waals surface area contributed by atoms with Gasteiger partial charge in [-0.1, -0.05) is 45.6 Å². The van der Waals surface area contributed by atoms with Gasteiger partial charge in [0.15, 0.2) is 0 Å². The lowest BCUT2D eigenvalue weighted by Crippen LogP contribution is -2.04. The summed E-state index contributed by atoms with van der Waals surface area (Å²) in [6.45, 7) is 4.46. The molecule has 2 rings (SSSR count). The van der Waals surface area contributed by atoms with Gasteiger partial charge in [-0.25, -0.2) is 0 Å². The highest BCUT2D eigenvalue weighted by molar-refractivity contribution is 5.25. The van der Waals surface area contributed by atoms with Crippen LogP contribution in [0.1, 0.15) is 75.2 Å². The molecule has 0 aromatic carbocycles. The summed E-state index contributed by atoms with van der Waals surface area (Å²) < 4.78 is 0. The zero-order valence-corrected chi connectivity index (χ0v) is 11.3. The van der Waals surface area contributed by atoms with Gasteiger partial charge in [0.05, 0.1) is 0 Å². The largest absolute Gasteiger partial charge is 0.257 e. The SMILES string of the molecule is CC(C)c1ccc2c(n1)CCCCCCCC2. The van der Waals surface area contributed by atoms with Crippen molar-refractivity contribution in [1.29, 1.82) is 0 Å². The Morgan fingerprint density at radius 3 is 2.24 bits per heavy atom. The van der Waals surface area contributed by atoms with Crippen LogP contribution < -0.4 is 0 Å². The zero-order chi connectivity index (χ0) is 12.1. The van der Waals surface area contributed by atoms with Gasteiger partial charge in [0.25, 0.3) is 0 Å². The average molecular weight is 231 g/mol. The van der Waals surface area contributed by atoms with Crippen LogP contribution in [0.4, 0.5) is 0 Å². The molecule has 1 heteroatoms. The van der Waals surface area contributed by atoms with E-state index < -0.39 is 0 Å². The summed E-state index contributed by atoms with van der Waals surface area (Å²) in [7, 11) is 0. The molecular formula is C16H25N. The van der Waals surface area contributed by atoms with Gasteiger partial charge >= 0.3 is 0 Å². The minimum atomic E-state index is 0.552. The van der Waals surface area contributed by atoms with Gasteiger partial charge in [-0.05, 0) is 43.2 Å². The molecule has 0 fully saturated rings. The van der Waals surface area contributed by atoms with Crippen molar-refractivity contribution in [3.8, 4) is 0 Å². The fourth-order valence-electron chi connectivity index (χ4n) is 2.63. The molecule has 0 saturated heterocycles. The van der Waals surface area contributed by atoms with Crippen LogP contribution in [0, 0.1) is 0 Å². The summed E-state index contributed by atoms with van der Waals surface area (Å²) in [5.74, 6) is 0.552. The molecule has 0 saturated carbocycles. The van der Waals surface area contributed by atoms with E-state index in [0.29, 0.717) is 5.92 Å². The molecule has 1 aromatic rings. The molecule has 1 aliphatic carbocycles. The fourth-order valence-corrected chi connectivity index (χ4v) is 2.63. The van der Waals surface area contributed by atoms with Crippen LogP contribution in [0.2, 0.25) is 0 Å². The van der Waals surface area contributed by atoms with Crippen molar-refractivity contribution in [2.45, 2.75) is 71.1 Å². The Balaban J connectivity index is 2.19. The first-order valence-electron chi connectivity index (χ1n) is 7.26. The molecule has 0 atom stereocenters. The van der Waals surface area contributed by atoms with Gasteiger partial charge in [0.2, 0.25) is 0 Å². The molecule has 0 unspecified atom stereocenters. The third-order valence-corrected chi connectivity index (χ3v) is 3.79. The highest BCUT2D eigenvalue weighted by Crippen LogP contribution is 2.21. The van der Waals surface area contributed by atoms with E-state index in [1.807, 2.05) is 0 Å². The van der Waals surface area contributed by atoms with Crippen molar-refractivity contribution in [2.75, 3.05) is 0 Å². The second-order valence-corrected chi connectivity index (χ2v) is 5.62. The predicted molar refractivity (Wildman–Crippen MR) is 73.4 cm³/mol. The summed E-state index contributed by atoms with van der Waals surface area (Å²) in [4.78, 5) is 4.89. The first-order valence-corrected chi connectivity index (χ1v) is 7.26. The lowest BCUT2D eigenvalue weighted by atomic mass is 9.96. The second-order valence-electron chi connectivity index (χ2n) is 5.62. The zero-order valence-electron chi connectivity index (χ0n) is 11.3. The molecule has 0 radical (unpaired) electrons. The molecule has 0 bridgehead atoms. The van der Waals surface area contributed by atoms with Gasteiger partial charge in [0, 0.05) is 11.4 Å². The Hall–Kier alpha value is -0.850. The standard InChI is InChI=1S/C16H25N/c1-13(2)15-12-11-14-9-7-5-3-4-6-8-10-16(14)17-15/h11-13H,3-10H2,1-2H3. The van der Waals surface area contributed by atoms with Crippen molar-refractivity contribution < 1.29 is 0 Å². The van der Waals surface area contributed by atoms with Crippen molar-refractivity contribution in [2.24, 2.45) is 0 Å². The van der Waals surface area contributed by atoms with E-state index in [1.54, 1.807) is 0 Å². The van der Waals surface area contributed by atoms with Gasteiger partial charge < -0.3 is 0 Å². The van der Waals surface area contributed by atoms with E-state index >= 15 is 0 Å². The number of hydrogen-bond donors (Lipinski definition) is 0. The summed E-state index contributed by atoms with van der Waals surface area (Å²) in [6, 6.07) is 4.56. The average Bonchev–Trinajstić information content (AvgIpc) is 2.34. The van der Waals surface area contributed by atoms with Gasteiger partial charge in [-0.2, -0.15) is 0 Å². The summed E-state index contributed by atoms with van der Waals surface area (Å²) >= 11 is 0. The summed E-state index contributed by atoms with van der Waals surface area (Å²) in [5.41, 5.74) is 4.16. The normalized spacial score (nSPS) is 17.8. The van der Waals surface area contributed by atoms with Crippen LogP contribution in [-0.2, 0) is 12.8 Å². The van der Waals surface area contributed by atoms with Crippen molar-refractivity contribution in [3.05, 3.63) is 29.1 Å². The third kappa shape index (κ3) is 3.55. The molecule has 1 aliphatic rings. The van der Waals surface area contributed by atoms with Crippen molar-refractivity contribution in [1.82, 2.24) is 4.98 Å². The molecule has 1 heterocycles. The molecule has 0 amide bonds. The minimum absolute atomic E-state index is 0.552. The highest BCUT2D eigenvalue weighted by atomic mass is 14.7. The van der Waals surface area contributed by atoms with Gasteiger partial charge in [0.1, 0.15) is 0 Å². The minimum Gasteiger partial charge on any atom is -0.257 e. The van der Waals surface area contributed by atoms with E-state index in [1.165, 1.54) is 68.3 Å². The van der Waals surface area contributed by atoms with E-state index in [0.717, 1.165) is 0 Å². The van der Waals surface area contributed by atoms with Gasteiger partial charge in [-0.3, -0.25) is 4.98 Å². The second kappa shape index (κ2) is 6.18. The third-order valence-electron chi connectivity index (χ3n) is 3.79. The van der Waals surface area contributed by atoms with Crippen LogP contribution in [0.3, 0.4) is 0 Å². The number of rotatable bonds is 1. The summed E-state index contributed by atoms with van der Waals surface area (Å²) in [6.07, 6.45) is 10.7.